The molecule has 0 aliphatic rings. The lowest BCUT2D eigenvalue weighted by Gasteiger charge is -2.20. The lowest BCUT2D eigenvalue weighted by molar-refractivity contribution is -0.139. The van der Waals surface area contributed by atoms with Gasteiger partial charge < -0.3 is 5.11 Å². The first kappa shape index (κ1) is 15.3. The fourth-order valence-corrected chi connectivity index (χ4v) is 2.26. The predicted molar refractivity (Wildman–Crippen MR) is 61.3 cm³/mol. The molecule has 0 amide bonds. The van der Waals surface area contributed by atoms with E-state index < -0.39 is 22.2 Å². The van der Waals surface area contributed by atoms with E-state index in [1.165, 1.54) is 7.05 Å². The molecule has 0 aromatic rings. The molecule has 16 heavy (non-hydrogen) atoms. The molecular formula is C9H20N2O4S. The summed E-state index contributed by atoms with van der Waals surface area (Å²) in [5.41, 5.74) is 0. The van der Waals surface area contributed by atoms with Crippen molar-refractivity contribution in [2.45, 2.75) is 39.2 Å². The van der Waals surface area contributed by atoms with Crippen molar-refractivity contribution >= 4 is 16.2 Å². The summed E-state index contributed by atoms with van der Waals surface area (Å²) in [6, 6.07) is -1.06. The average molecular weight is 252 g/mol. The Bertz CT molecular complexity index is 315. The monoisotopic (exact) mass is 252 g/mol. The SMILES string of the molecule is CCCCN(C)S(=O)(=O)N[C@@H](CC)C(=O)O. The molecule has 0 spiro atoms. The van der Waals surface area contributed by atoms with Gasteiger partial charge in [-0.15, -0.1) is 0 Å². The van der Waals surface area contributed by atoms with E-state index in [0.717, 1.165) is 17.1 Å². The van der Waals surface area contributed by atoms with Gasteiger partial charge in [0, 0.05) is 13.6 Å². The molecule has 1 atom stereocenters. The minimum absolute atomic E-state index is 0.218. The van der Waals surface area contributed by atoms with Crippen molar-refractivity contribution in [3.8, 4) is 0 Å². The van der Waals surface area contributed by atoms with Crippen molar-refractivity contribution in [3.63, 3.8) is 0 Å². The van der Waals surface area contributed by atoms with Gasteiger partial charge >= 0.3 is 5.97 Å². The summed E-state index contributed by atoms with van der Waals surface area (Å²) in [5, 5.41) is 8.75. The van der Waals surface area contributed by atoms with Gasteiger partial charge in [-0.05, 0) is 12.8 Å². The van der Waals surface area contributed by atoms with Gasteiger partial charge in [-0.3, -0.25) is 4.79 Å². The molecule has 0 rings (SSSR count). The lowest BCUT2D eigenvalue weighted by Crippen LogP contribution is -2.47. The van der Waals surface area contributed by atoms with E-state index in [1.807, 2.05) is 6.92 Å². The van der Waals surface area contributed by atoms with Crippen LogP contribution in [-0.4, -0.2) is 43.4 Å². The fourth-order valence-electron chi connectivity index (χ4n) is 1.08. The minimum Gasteiger partial charge on any atom is -0.480 e. The minimum atomic E-state index is -3.69. The number of nitrogens with one attached hydrogen (secondary N) is 1. The van der Waals surface area contributed by atoms with Crippen LogP contribution in [0.4, 0.5) is 0 Å². The Labute approximate surface area is 96.8 Å². The van der Waals surface area contributed by atoms with Crippen molar-refractivity contribution in [2.24, 2.45) is 0 Å². The highest BCUT2D eigenvalue weighted by Crippen LogP contribution is 2.01. The molecule has 0 bridgehead atoms. The summed E-state index contributed by atoms with van der Waals surface area (Å²) < 4.78 is 26.6. The molecule has 0 aromatic carbocycles. The number of rotatable bonds is 8. The zero-order chi connectivity index (χ0) is 12.8. The highest BCUT2D eigenvalue weighted by Gasteiger charge is 2.25. The van der Waals surface area contributed by atoms with E-state index in [0.29, 0.717) is 6.54 Å². The zero-order valence-electron chi connectivity index (χ0n) is 9.93. The van der Waals surface area contributed by atoms with Gasteiger partial charge in [0.2, 0.25) is 0 Å². The van der Waals surface area contributed by atoms with Gasteiger partial charge in [-0.25, -0.2) is 0 Å². The Morgan fingerprint density at radius 3 is 2.38 bits per heavy atom. The summed E-state index contributed by atoms with van der Waals surface area (Å²) in [6.45, 7) is 3.97. The summed E-state index contributed by atoms with van der Waals surface area (Å²) in [5.74, 6) is -1.16. The smallest absolute Gasteiger partial charge is 0.321 e. The fraction of sp³-hybridized carbons (Fsp3) is 0.889. The second-order valence-corrected chi connectivity index (χ2v) is 5.41. The van der Waals surface area contributed by atoms with Crippen LogP contribution in [0.25, 0.3) is 0 Å². The zero-order valence-corrected chi connectivity index (χ0v) is 10.7. The summed E-state index contributed by atoms with van der Waals surface area (Å²) in [6.07, 6.45) is 1.85. The van der Waals surface area contributed by atoms with Gasteiger partial charge in [0.15, 0.2) is 0 Å². The lowest BCUT2D eigenvalue weighted by atomic mass is 10.2. The van der Waals surface area contributed by atoms with Gasteiger partial charge in [-0.2, -0.15) is 17.4 Å². The maximum absolute atomic E-state index is 11.7. The van der Waals surface area contributed by atoms with Gasteiger partial charge in [-0.1, -0.05) is 20.3 Å². The van der Waals surface area contributed by atoms with E-state index in [-0.39, 0.29) is 6.42 Å². The number of carboxylic acids is 1. The van der Waals surface area contributed by atoms with Crippen LogP contribution in [0.15, 0.2) is 0 Å². The molecule has 0 aromatic heterocycles. The number of hydrogen-bond acceptors (Lipinski definition) is 3. The molecule has 0 aliphatic heterocycles. The summed E-state index contributed by atoms with van der Waals surface area (Å²) in [4.78, 5) is 10.7. The Morgan fingerprint density at radius 1 is 1.44 bits per heavy atom. The van der Waals surface area contributed by atoms with Crippen LogP contribution in [0.2, 0.25) is 0 Å². The first-order valence-corrected chi connectivity index (χ1v) is 6.75. The Morgan fingerprint density at radius 2 is 2.00 bits per heavy atom. The van der Waals surface area contributed by atoms with Crippen LogP contribution in [0, 0.1) is 0 Å². The second-order valence-electron chi connectivity index (χ2n) is 3.60. The van der Waals surface area contributed by atoms with E-state index in [9.17, 15) is 13.2 Å². The van der Waals surface area contributed by atoms with Crippen molar-refractivity contribution in [3.05, 3.63) is 0 Å². The van der Waals surface area contributed by atoms with Crippen LogP contribution in [-0.2, 0) is 15.0 Å². The molecule has 96 valence electrons. The van der Waals surface area contributed by atoms with E-state index in [4.69, 9.17) is 5.11 Å². The Balaban J connectivity index is 4.48. The first-order valence-electron chi connectivity index (χ1n) is 5.31. The number of aliphatic carboxylic acids is 1. The van der Waals surface area contributed by atoms with E-state index in [2.05, 4.69) is 4.72 Å². The molecule has 7 heteroatoms. The molecule has 2 N–H and O–H groups in total. The topological polar surface area (TPSA) is 86.7 Å². The van der Waals surface area contributed by atoms with E-state index >= 15 is 0 Å². The maximum atomic E-state index is 11.7. The normalized spacial score (nSPS) is 14.0. The third kappa shape index (κ3) is 4.91. The second kappa shape index (κ2) is 6.82. The van der Waals surface area contributed by atoms with E-state index in [1.54, 1.807) is 6.92 Å². The molecule has 0 aliphatic carbocycles. The molecule has 0 radical (unpaired) electrons. The molecule has 0 unspecified atom stereocenters. The largest absolute Gasteiger partial charge is 0.480 e. The predicted octanol–water partition coefficient (Wildman–Crippen LogP) is 0.416. The summed E-state index contributed by atoms with van der Waals surface area (Å²) >= 11 is 0. The molecule has 0 heterocycles. The van der Waals surface area contributed by atoms with Crippen molar-refractivity contribution in [2.75, 3.05) is 13.6 Å². The Hall–Kier alpha value is -0.660. The molecule has 0 saturated carbocycles. The average Bonchev–Trinajstić information content (AvgIpc) is 2.21. The van der Waals surface area contributed by atoms with Crippen LogP contribution in [0.5, 0.6) is 0 Å². The number of nitrogens with zero attached hydrogens (tertiary/aromatic N) is 1. The van der Waals surface area contributed by atoms with Crippen molar-refractivity contribution in [1.82, 2.24) is 9.03 Å². The van der Waals surface area contributed by atoms with Crippen molar-refractivity contribution in [1.29, 1.82) is 0 Å². The number of unbranched alkanes of at least 4 members (excludes halogenated alkanes) is 1. The third-order valence-electron chi connectivity index (χ3n) is 2.23. The van der Waals surface area contributed by atoms with Gasteiger partial charge in [0.05, 0.1) is 0 Å². The van der Waals surface area contributed by atoms with Crippen LogP contribution in [0.3, 0.4) is 0 Å². The highest BCUT2D eigenvalue weighted by atomic mass is 32.2. The molecule has 6 nitrogen and oxygen atoms in total. The quantitative estimate of drug-likeness (QED) is 0.655. The van der Waals surface area contributed by atoms with Gasteiger partial charge in [0.25, 0.3) is 10.2 Å². The standard InChI is InChI=1S/C9H20N2O4S/c1-4-6-7-11(3)16(14,15)10-8(5-2)9(12)13/h8,10H,4-7H2,1-3H3,(H,12,13)/t8-/m0/s1. The van der Waals surface area contributed by atoms with Crippen molar-refractivity contribution < 1.29 is 18.3 Å². The molecular weight excluding hydrogens is 232 g/mol. The van der Waals surface area contributed by atoms with Crippen LogP contribution in [0.1, 0.15) is 33.1 Å². The summed E-state index contributed by atoms with van der Waals surface area (Å²) in [7, 11) is -2.25. The Kier molecular flexibility index (Phi) is 6.54. The van der Waals surface area contributed by atoms with Crippen LogP contribution >= 0.6 is 0 Å². The molecule has 0 fully saturated rings. The number of carbonyl (C=O) groups is 1. The third-order valence-corrected chi connectivity index (χ3v) is 3.82. The highest BCUT2D eigenvalue weighted by molar-refractivity contribution is 7.87. The van der Waals surface area contributed by atoms with Gasteiger partial charge in [0.1, 0.15) is 6.04 Å². The number of carboxylic acid groups (broad SMARTS) is 1. The first-order chi connectivity index (χ1) is 7.35. The van der Waals surface area contributed by atoms with Crippen LogP contribution < -0.4 is 4.72 Å². The maximum Gasteiger partial charge on any atom is 0.321 e. The molecule has 0 saturated heterocycles. The number of hydrogen-bond donors (Lipinski definition) is 2.